The summed E-state index contributed by atoms with van der Waals surface area (Å²) >= 11 is 0. The third kappa shape index (κ3) is 4.31. The SMILES string of the molecule is CCS(=O)c1ccccc1C(=O)OC(C)c1nnc(-c2ccc(C)cc2)o1. The second-order valence-electron chi connectivity index (χ2n) is 5.99. The summed E-state index contributed by atoms with van der Waals surface area (Å²) in [6, 6.07) is 14.4. The molecule has 0 N–H and O–H groups in total. The van der Waals surface area contributed by atoms with Gasteiger partial charge in [0.2, 0.25) is 5.89 Å². The molecule has 27 heavy (non-hydrogen) atoms. The standard InChI is InChI=1S/C20H20N2O4S/c1-4-27(24)17-8-6-5-7-16(17)20(23)25-14(3)18-21-22-19(26-18)15-11-9-13(2)10-12-15/h5-12,14H,4H2,1-3H3. The average molecular weight is 384 g/mol. The Morgan fingerprint density at radius 1 is 1.15 bits per heavy atom. The predicted molar refractivity (Wildman–Crippen MR) is 102 cm³/mol. The van der Waals surface area contributed by atoms with Gasteiger partial charge in [-0.15, -0.1) is 10.2 Å². The van der Waals surface area contributed by atoms with E-state index < -0.39 is 22.9 Å². The highest BCUT2D eigenvalue weighted by molar-refractivity contribution is 7.85. The molecule has 2 aromatic carbocycles. The van der Waals surface area contributed by atoms with Crippen LogP contribution in [-0.2, 0) is 15.5 Å². The van der Waals surface area contributed by atoms with Crippen molar-refractivity contribution in [3.63, 3.8) is 0 Å². The summed E-state index contributed by atoms with van der Waals surface area (Å²) in [5, 5.41) is 8.00. The smallest absolute Gasteiger partial charge is 0.340 e. The number of carbonyl (C=O) groups is 1. The minimum absolute atomic E-state index is 0.202. The van der Waals surface area contributed by atoms with Gasteiger partial charge < -0.3 is 9.15 Å². The number of aromatic nitrogens is 2. The Morgan fingerprint density at radius 3 is 2.56 bits per heavy atom. The van der Waals surface area contributed by atoms with Crippen molar-refractivity contribution in [1.82, 2.24) is 10.2 Å². The first kappa shape index (κ1) is 19.0. The lowest BCUT2D eigenvalue weighted by Crippen LogP contribution is -2.12. The quantitative estimate of drug-likeness (QED) is 0.595. The van der Waals surface area contributed by atoms with Crippen molar-refractivity contribution in [3.8, 4) is 11.5 Å². The summed E-state index contributed by atoms with van der Waals surface area (Å²) in [5.41, 5.74) is 2.20. The Kier molecular flexibility index (Phi) is 5.81. The van der Waals surface area contributed by atoms with E-state index in [1.54, 1.807) is 38.1 Å². The highest BCUT2D eigenvalue weighted by Crippen LogP contribution is 2.24. The van der Waals surface area contributed by atoms with Crippen LogP contribution in [0.1, 0.15) is 41.8 Å². The number of ether oxygens (including phenoxy) is 1. The lowest BCUT2D eigenvalue weighted by atomic mass is 10.1. The normalized spacial score (nSPS) is 13.1. The van der Waals surface area contributed by atoms with E-state index in [0.29, 0.717) is 16.5 Å². The molecule has 2 atom stereocenters. The average Bonchev–Trinajstić information content (AvgIpc) is 3.18. The van der Waals surface area contributed by atoms with Gasteiger partial charge in [-0.3, -0.25) is 4.21 Å². The van der Waals surface area contributed by atoms with Crippen LogP contribution in [0.3, 0.4) is 0 Å². The van der Waals surface area contributed by atoms with Gasteiger partial charge in [-0.1, -0.05) is 36.8 Å². The van der Waals surface area contributed by atoms with Gasteiger partial charge in [-0.05, 0) is 38.1 Å². The van der Waals surface area contributed by atoms with Gasteiger partial charge >= 0.3 is 5.97 Å². The van der Waals surface area contributed by atoms with Crippen LogP contribution >= 0.6 is 0 Å². The molecule has 0 amide bonds. The molecule has 0 bridgehead atoms. The summed E-state index contributed by atoms with van der Waals surface area (Å²) in [5.74, 6) is 0.409. The van der Waals surface area contributed by atoms with E-state index in [4.69, 9.17) is 9.15 Å². The van der Waals surface area contributed by atoms with Gasteiger partial charge in [0.1, 0.15) is 0 Å². The molecule has 0 radical (unpaired) electrons. The molecule has 7 heteroatoms. The number of benzene rings is 2. The van der Waals surface area contributed by atoms with Crippen molar-refractivity contribution in [3.05, 3.63) is 65.5 Å². The molecule has 0 fully saturated rings. The van der Waals surface area contributed by atoms with Crippen LogP contribution in [0.4, 0.5) is 0 Å². The third-order valence-corrected chi connectivity index (χ3v) is 5.36. The van der Waals surface area contributed by atoms with Gasteiger partial charge in [-0.25, -0.2) is 4.79 Å². The molecule has 0 aliphatic heterocycles. The maximum atomic E-state index is 12.5. The Morgan fingerprint density at radius 2 is 1.85 bits per heavy atom. The van der Waals surface area contributed by atoms with E-state index in [1.807, 2.05) is 31.2 Å². The zero-order chi connectivity index (χ0) is 19.4. The molecular weight excluding hydrogens is 364 g/mol. The number of rotatable bonds is 6. The number of carbonyl (C=O) groups excluding carboxylic acids is 1. The van der Waals surface area contributed by atoms with Crippen molar-refractivity contribution in [2.75, 3.05) is 5.75 Å². The fourth-order valence-corrected chi connectivity index (χ4v) is 3.41. The second-order valence-corrected chi connectivity index (χ2v) is 7.70. The van der Waals surface area contributed by atoms with Gasteiger partial charge in [-0.2, -0.15) is 0 Å². The Bertz CT molecular complexity index is 966. The Balaban J connectivity index is 1.76. The topological polar surface area (TPSA) is 82.3 Å². The molecule has 0 aliphatic carbocycles. The minimum atomic E-state index is -1.26. The van der Waals surface area contributed by atoms with Crippen LogP contribution in [0, 0.1) is 6.92 Å². The third-order valence-electron chi connectivity index (χ3n) is 3.99. The van der Waals surface area contributed by atoms with Gasteiger partial charge in [0.05, 0.1) is 21.3 Å². The molecular formula is C20H20N2O4S. The van der Waals surface area contributed by atoms with Crippen LogP contribution in [0.15, 0.2) is 57.8 Å². The van der Waals surface area contributed by atoms with Gasteiger partial charge in [0, 0.05) is 11.3 Å². The first-order valence-electron chi connectivity index (χ1n) is 8.58. The first-order chi connectivity index (χ1) is 13.0. The Hall–Kier alpha value is -2.80. The Labute approximate surface area is 160 Å². The summed E-state index contributed by atoms with van der Waals surface area (Å²) < 4.78 is 23.2. The molecule has 1 aromatic heterocycles. The molecule has 2 unspecified atom stereocenters. The highest BCUT2D eigenvalue weighted by atomic mass is 32.2. The van der Waals surface area contributed by atoms with Crippen molar-refractivity contribution < 1.29 is 18.2 Å². The minimum Gasteiger partial charge on any atom is -0.449 e. The van der Waals surface area contributed by atoms with E-state index in [0.717, 1.165) is 11.1 Å². The summed E-state index contributed by atoms with van der Waals surface area (Å²) in [6.45, 7) is 5.45. The fraction of sp³-hybridized carbons (Fsp3) is 0.250. The monoisotopic (exact) mass is 384 g/mol. The van der Waals surface area contributed by atoms with Crippen molar-refractivity contribution >= 4 is 16.8 Å². The summed E-state index contributed by atoms with van der Waals surface area (Å²) in [4.78, 5) is 13.0. The number of esters is 1. The lowest BCUT2D eigenvalue weighted by molar-refractivity contribution is 0.0275. The predicted octanol–water partition coefficient (Wildman–Crippen LogP) is 4.09. The van der Waals surface area contributed by atoms with E-state index in [1.165, 1.54) is 0 Å². The lowest BCUT2D eigenvalue weighted by Gasteiger charge is -2.11. The largest absolute Gasteiger partial charge is 0.449 e. The molecule has 6 nitrogen and oxygen atoms in total. The summed E-state index contributed by atoms with van der Waals surface area (Å²) in [7, 11) is -1.26. The zero-order valence-corrected chi connectivity index (χ0v) is 16.2. The van der Waals surface area contributed by atoms with Crippen LogP contribution in [0.25, 0.3) is 11.5 Å². The first-order valence-corrected chi connectivity index (χ1v) is 9.90. The van der Waals surface area contributed by atoms with Crippen LogP contribution in [0.2, 0.25) is 0 Å². The molecule has 3 aromatic rings. The number of hydrogen-bond donors (Lipinski definition) is 0. The molecule has 0 saturated heterocycles. The van der Waals surface area contributed by atoms with Crippen LogP contribution in [-0.4, -0.2) is 26.1 Å². The molecule has 0 spiro atoms. The number of aryl methyl sites for hydroxylation is 1. The number of hydrogen-bond acceptors (Lipinski definition) is 6. The molecule has 3 rings (SSSR count). The number of nitrogens with zero attached hydrogens (tertiary/aromatic N) is 2. The fourth-order valence-electron chi connectivity index (χ4n) is 2.48. The van der Waals surface area contributed by atoms with Gasteiger partial charge in [0.15, 0.2) is 6.10 Å². The van der Waals surface area contributed by atoms with Crippen LogP contribution < -0.4 is 0 Å². The molecule has 0 aliphatic rings. The van der Waals surface area contributed by atoms with Crippen molar-refractivity contribution in [1.29, 1.82) is 0 Å². The van der Waals surface area contributed by atoms with E-state index >= 15 is 0 Å². The molecule has 1 heterocycles. The van der Waals surface area contributed by atoms with Crippen molar-refractivity contribution in [2.24, 2.45) is 0 Å². The van der Waals surface area contributed by atoms with E-state index in [2.05, 4.69) is 10.2 Å². The molecule has 140 valence electrons. The van der Waals surface area contributed by atoms with Crippen molar-refractivity contribution in [2.45, 2.75) is 31.8 Å². The zero-order valence-electron chi connectivity index (χ0n) is 15.3. The van der Waals surface area contributed by atoms with Crippen LogP contribution in [0.5, 0.6) is 0 Å². The van der Waals surface area contributed by atoms with E-state index in [-0.39, 0.29) is 11.5 Å². The van der Waals surface area contributed by atoms with E-state index in [9.17, 15) is 9.00 Å². The highest BCUT2D eigenvalue weighted by Gasteiger charge is 2.22. The second kappa shape index (κ2) is 8.26. The van der Waals surface area contributed by atoms with Gasteiger partial charge in [0.25, 0.3) is 5.89 Å². The summed E-state index contributed by atoms with van der Waals surface area (Å²) in [6.07, 6.45) is -0.729. The maximum Gasteiger partial charge on any atom is 0.340 e. The molecule has 0 saturated carbocycles. The maximum absolute atomic E-state index is 12.5.